The Morgan fingerprint density at radius 3 is 2.20 bits per heavy atom. The van der Waals surface area contributed by atoms with Crippen molar-refractivity contribution in [3.63, 3.8) is 0 Å². The van der Waals surface area contributed by atoms with Gasteiger partial charge in [-0.3, -0.25) is 0 Å². The van der Waals surface area contributed by atoms with Crippen LogP contribution >= 0.6 is 0 Å². The van der Waals surface area contributed by atoms with Gasteiger partial charge < -0.3 is 8.98 Å². The highest BCUT2D eigenvalue weighted by atomic mass is 16.3. The topological polar surface area (TPSA) is 18.1 Å². The predicted octanol–water partition coefficient (Wildman–Crippen LogP) is 7.98. The number of aromatic nitrogens is 1. The number of fused-ring (bicyclic) bond motifs is 7. The molecule has 0 aliphatic carbocycles. The van der Waals surface area contributed by atoms with Gasteiger partial charge in [0.25, 0.3) is 0 Å². The van der Waals surface area contributed by atoms with Crippen molar-refractivity contribution in [1.29, 1.82) is 0 Å². The Hall–Kier alpha value is -3.52. The van der Waals surface area contributed by atoms with E-state index in [9.17, 15) is 0 Å². The minimum atomic E-state index is 0.0812. The number of para-hydroxylation sites is 2. The van der Waals surface area contributed by atoms with Crippen molar-refractivity contribution in [2.45, 2.75) is 26.2 Å². The summed E-state index contributed by atoms with van der Waals surface area (Å²) in [5.41, 5.74) is 6.86. The average molecular weight is 389 g/mol. The molecule has 30 heavy (non-hydrogen) atoms. The third-order valence-electron chi connectivity index (χ3n) is 6.15. The number of nitrogens with zero attached hydrogens (tertiary/aromatic N) is 1. The van der Waals surface area contributed by atoms with Crippen LogP contribution in [0.15, 0.2) is 89.3 Å². The van der Waals surface area contributed by atoms with Crippen molar-refractivity contribution in [2.75, 3.05) is 0 Å². The summed E-state index contributed by atoms with van der Waals surface area (Å²) in [7, 11) is 0. The molecule has 0 amide bonds. The first-order valence-corrected chi connectivity index (χ1v) is 10.5. The Balaban J connectivity index is 1.87. The molecule has 2 aromatic heterocycles. The Morgan fingerprint density at radius 2 is 1.40 bits per heavy atom. The maximum absolute atomic E-state index is 6.30. The molecule has 0 spiro atoms. The summed E-state index contributed by atoms with van der Waals surface area (Å²) in [5.74, 6) is 0. The summed E-state index contributed by atoms with van der Waals surface area (Å²) in [6.45, 7) is 6.77. The van der Waals surface area contributed by atoms with Gasteiger partial charge in [0.1, 0.15) is 11.2 Å². The van der Waals surface area contributed by atoms with E-state index in [1.807, 2.05) is 0 Å². The molecule has 146 valence electrons. The standard InChI is InChI=1S/C28H23NO/c1-28(2,3)18-13-15-24-22(17-18)26-25(30-24)16-14-21-20-11-7-8-12-23(20)29(27(21)26)19-9-5-4-6-10-19/h4-17H,1-3H3. The molecule has 2 nitrogen and oxygen atoms in total. The van der Waals surface area contributed by atoms with Crippen molar-refractivity contribution in [3.8, 4) is 5.69 Å². The second-order valence-corrected chi connectivity index (χ2v) is 9.09. The fraction of sp³-hybridized carbons (Fsp3) is 0.143. The summed E-state index contributed by atoms with van der Waals surface area (Å²) in [6.07, 6.45) is 0. The highest BCUT2D eigenvalue weighted by molar-refractivity contribution is 6.24. The van der Waals surface area contributed by atoms with Crippen LogP contribution in [0.25, 0.3) is 49.4 Å². The summed E-state index contributed by atoms with van der Waals surface area (Å²) in [4.78, 5) is 0. The monoisotopic (exact) mass is 389 g/mol. The van der Waals surface area contributed by atoms with Crippen LogP contribution in [0.4, 0.5) is 0 Å². The number of benzene rings is 4. The Bertz CT molecular complexity index is 1560. The SMILES string of the molecule is CC(C)(C)c1ccc2oc3ccc4c5ccccc5n(-c5ccccc5)c4c3c2c1. The first-order valence-electron chi connectivity index (χ1n) is 10.5. The molecule has 0 N–H and O–H groups in total. The van der Waals surface area contributed by atoms with Gasteiger partial charge in [0.2, 0.25) is 0 Å². The van der Waals surface area contributed by atoms with Gasteiger partial charge >= 0.3 is 0 Å². The molecule has 0 aliphatic rings. The zero-order chi connectivity index (χ0) is 20.5. The van der Waals surface area contributed by atoms with Crippen LogP contribution in [0.2, 0.25) is 0 Å². The molecular formula is C28H23NO. The largest absolute Gasteiger partial charge is 0.456 e. The first-order chi connectivity index (χ1) is 14.5. The second-order valence-electron chi connectivity index (χ2n) is 9.09. The van der Waals surface area contributed by atoms with Gasteiger partial charge in [-0.1, -0.05) is 63.2 Å². The molecule has 6 aromatic rings. The minimum Gasteiger partial charge on any atom is -0.456 e. The fourth-order valence-electron chi connectivity index (χ4n) is 4.63. The van der Waals surface area contributed by atoms with Gasteiger partial charge in [-0.25, -0.2) is 0 Å². The zero-order valence-corrected chi connectivity index (χ0v) is 17.4. The molecule has 2 heteroatoms. The minimum absolute atomic E-state index is 0.0812. The Labute approximate surface area is 175 Å². The molecule has 0 saturated heterocycles. The molecule has 0 unspecified atom stereocenters. The smallest absolute Gasteiger partial charge is 0.137 e. The van der Waals surface area contributed by atoms with Crippen molar-refractivity contribution in [3.05, 3.63) is 90.5 Å². The molecule has 0 fully saturated rings. The normalized spacial score (nSPS) is 12.5. The average Bonchev–Trinajstić information content (AvgIpc) is 3.28. The molecule has 4 aromatic carbocycles. The molecule has 0 radical (unpaired) electrons. The van der Waals surface area contributed by atoms with Crippen LogP contribution in [0.1, 0.15) is 26.3 Å². The Kier molecular flexibility index (Phi) is 3.47. The highest BCUT2D eigenvalue weighted by Crippen LogP contribution is 2.41. The van der Waals surface area contributed by atoms with E-state index in [0.717, 1.165) is 16.9 Å². The van der Waals surface area contributed by atoms with Gasteiger partial charge in [-0.15, -0.1) is 0 Å². The van der Waals surface area contributed by atoms with Crippen LogP contribution in [-0.4, -0.2) is 4.57 Å². The summed E-state index contributed by atoms with van der Waals surface area (Å²) in [5, 5.41) is 4.89. The maximum atomic E-state index is 6.30. The number of hydrogen-bond donors (Lipinski definition) is 0. The third-order valence-corrected chi connectivity index (χ3v) is 6.15. The lowest BCUT2D eigenvalue weighted by molar-refractivity contribution is 0.590. The zero-order valence-electron chi connectivity index (χ0n) is 17.4. The van der Waals surface area contributed by atoms with E-state index in [-0.39, 0.29) is 5.41 Å². The number of hydrogen-bond acceptors (Lipinski definition) is 1. The number of rotatable bonds is 1. The van der Waals surface area contributed by atoms with Gasteiger partial charge in [-0.2, -0.15) is 0 Å². The molecule has 2 heterocycles. The fourth-order valence-corrected chi connectivity index (χ4v) is 4.63. The van der Waals surface area contributed by atoms with Crippen LogP contribution in [-0.2, 0) is 5.41 Å². The lowest BCUT2D eigenvalue weighted by atomic mass is 9.86. The molecule has 6 rings (SSSR count). The quantitative estimate of drug-likeness (QED) is 0.279. The van der Waals surface area contributed by atoms with Crippen molar-refractivity contribution in [2.24, 2.45) is 0 Å². The van der Waals surface area contributed by atoms with Crippen LogP contribution in [0.5, 0.6) is 0 Å². The lowest BCUT2D eigenvalue weighted by Gasteiger charge is -2.18. The van der Waals surface area contributed by atoms with E-state index in [1.165, 1.54) is 38.1 Å². The molecule has 0 aliphatic heterocycles. The summed E-state index contributed by atoms with van der Waals surface area (Å²) < 4.78 is 8.68. The van der Waals surface area contributed by atoms with Crippen LogP contribution < -0.4 is 0 Å². The third kappa shape index (κ3) is 2.37. The molecular weight excluding hydrogens is 366 g/mol. The lowest BCUT2D eigenvalue weighted by Crippen LogP contribution is -2.10. The van der Waals surface area contributed by atoms with Crippen molar-refractivity contribution < 1.29 is 4.42 Å². The van der Waals surface area contributed by atoms with E-state index in [4.69, 9.17) is 4.42 Å². The molecule has 0 saturated carbocycles. The van der Waals surface area contributed by atoms with Gasteiger partial charge in [0.05, 0.1) is 16.4 Å². The van der Waals surface area contributed by atoms with Crippen molar-refractivity contribution in [1.82, 2.24) is 4.57 Å². The summed E-state index contributed by atoms with van der Waals surface area (Å²) >= 11 is 0. The second kappa shape index (κ2) is 5.99. The molecule has 0 atom stereocenters. The summed E-state index contributed by atoms with van der Waals surface area (Å²) in [6, 6.07) is 30.2. The van der Waals surface area contributed by atoms with E-state index < -0.39 is 0 Å². The van der Waals surface area contributed by atoms with Gasteiger partial charge in [-0.05, 0) is 53.4 Å². The van der Waals surface area contributed by atoms with E-state index in [0.29, 0.717) is 0 Å². The first kappa shape index (κ1) is 17.3. The van der Waals surface area contributed by atoms with Gasteiger partial charge in [0, 0.05) is 21.8 Å². The highest BCUT2D eigenvalue weighted by Gasteiger charge is 2.20. The predicted molar refractivity (Wildman–Crippen MR) is 127 cm³/mol. The van der Waals surface area contributed by atoms with E-state index in [2.05, 4.69) is 110 Å². The van der Waals surface area contributed by atoms with Crippen molar-refractivity contribution >= 4 is 43.7 Å². The van der Waals surface area contributed by atoms with Crippen LogP contribution in [0.3, 0.4) is 0 Å². The van der Waals surface area contributed by atoms with Gasteiger partial charge in [0.15, 0.2) is 0 Å². The van der Waals surface area contributed by atoms with E-state index in [1.54, 1.807) is 0 Å². The number of furan rings is 1. The Morgan fingerprint density at radius 1 is 0.667 bits per heavy atom. The van der Waals surface area contributed by atoms with Crippen LogP contribution in [0, 0.1) is 0 Å². The molecule has 0 bridgehead atoms. The maximum Gasteiger partial charge on any atom is 0.137 e. The van der Waals surface area contributed by atoms with E-state index >= 15 is 0 Å².